The molecular weight excluding hydrogens is 295 g/mol. The number of amides is 1. The number of nitrogens with one attached hydrogen (secondary N) is 2. The summed E-state index contributed by atoms with van der Waals surface area (Å²) < 4.78 is 18.5. The van der Waals surface area contributed by atoms with Crippen molar-refractivity contribution >= 4 is 5.91 Å². The van der Waals surface area contributed by atoms with Gasteiger partial charge in [-0.3, -0.25) is 4.79 Å². The number of hydrogen-bond donors (Lipinski definition) is 2. The maximum atomic E-state index is 12.8. The Morgan fingerprint density at radius 1 is 1.09 bits per heavy atom. The molecule has 0 aromatic heterocycles. The Morgan fingerprint density at radius 2 is 1.65 bits per heavy atom. The van der Waals surface area contributed by atoms with Gasteiger partial charge in [0.15, 0.2) is 0 Å². The highest BCUT2D eigenvalue weighted by Crippen LogP contribution is 2.21. The van der Waals surface area contributed by atoms with Crippen molar-refractivity contribution in [2.75, 3.05) is 13.6 Å². The summed E-state index contributed by atoms with van der Waals surface area (Å²) in [5, 5.41) is 5.88. The van der Waals surface area contributed by atoms with Crippen LogP contribution in [-0.2, 0) is 11.3 Å². The monoisotopic (exact) mass is 316 g/mol. The molecule has 5 heteroatoms. The number of halogens is 1. The molecule has 1 atom stereocenters. The van der Waals surface area contributed by atoms with Crippen molar-refractivity contribution in [3.63, 3.8) is 0 Å². The highest BCUT2D eigenvalue weighted by molar-refractivity contribution is 5.78. The van der Waals surface area contributed by atoms with Crippen molar-refractivity contribution in [2.24, 2.45) is 5.92 Å². The van der Waals surface area contributed by atoms with E-state index < -0.39 is 0 Å². The summed E-state index contributed by atoms with van der Waals surface area (Å²) in [5.74, 6) is 0.895. The molecule has 0 spiro atoms. The molecule has 0 aliphatic carbocycles. The minimum Gasteiger partial charge on any atom is -0.457 e. The van der Waals surface area contributed by atoms with E-state index in [1.807, 2.05) is 38.2 Å². The first-order chi connectivity index (χ1) is 11.1. The van der Waals surface area contributed by atoms with Gasteiger partial charge in [0, 0.05) is 19.0 Å². The molecule has 23 heavy (non-hydrogen) atoms. The molecule has 4 nitrogen and oxygen atoms in total. The number of benzene rings is 2. The smallest absolute Gasteiger partial charge is 0.224 e. The molecule has 0 saturated heterocycles. The largest absolute Gasteiger partial charge is 0.457 e. The number of carbonyl (C=O) groups excluding carboxylic acids is 1. The second-order valence-corrected chi connectivity index (χ2v) is 5.38. The van der Waals surface area contributed by atoms with Gasteiger partial charge in [0.2, 0.25) is 5.91 Å². The fourth-order valence-electron chi connectivity index (χ4n) is 2.08. The maximum Gasteiger partial charge on any atom is 0.224 e. The van der Waals surface area contributed by atoms with E-state index in [1.165, 1.54) is 12.1 Å². The van der Waals surface area contributed by atoms with E-state index in [4.69, 9.17) is 4.74 Å². The molecule has 1 amide bonds. The van der Waals surface area contributed by atoms with Gasteiger partial charge in [-0.05, 0) is 49.0 Å². The molecule has 2 aromatic rings. The molecule has 0 aliphatic heterocycles. The predicted molar refractivity (Wildman–Crippen MR) is 87.9 cm³/mol. The Balaban J connectivity index is 1.87. The minimum atomic E-state index is -0.295. The number of rotatable bonds is 7. The summed E-state index contributed by atoms with van der Waals surface area (Å²) in [6.45, 7) is 3.01. The first-order valence-corrected chi connectivity index (χ1v) is 7.53. The van der Waals surface area contributed by atoms with Crippen LogP contribution in [0.4, 0.5) is 4.39 Å². The Kier molecular flexibility index (Phi) is 6.11. The van der Waals surface area contributed by atoms with Crippen LogP contribution >= 0.6 is 0 Å². The lowest BCUT2D eigenvalue weighted by Crippen LogP contribution is -2.33. The van der Waals surface area contributed by atoms with Gasteiger partial charge in [0.25, 0.3) is 0 Å². The van der Waals surface area contributed by atoms with E-state index >= 15 is 0 Å². The Bertz CT molecular complexity index is 626. The van der Waals surface area contributed by atoms with Gasteiger partial charge in [-0.15, -0.1) is 0 Å². The van der Waals surface area contributed by atoms with Crippen LogP contribution in [0.2, 0.25) is 0 Å². The second-order valence-electron chi connectivity index (χ2n) is 5.38. The standard InChI is InChI=1S/C18H21FN2O2/c1-13(11-20-2)18(22)21-12-14-3-7-16(8-4-14)23-17-9-5-15(19)6-10-17/h3-10,13,20H,11-12H2,1-2H3,(H,21,22). The van der Waals surface area contributed by atoms with Gasteiger partial charge in [0.1, 0.15) is 17.3 Å². The van der Waals surface area contributed by atoms with Gasteiger partial charge in [-0.1, -0.05) is 19.1 Å². The first-order valence-electron chi connectivity index (χ1n) is 7.53. The molecule has 1 unspecified atom stereocenters. The molecule has 0 saturated carbocycles. The van der Waals surface area contributed by atoms with Crippen LogP contribution < -0.4 is 15.4 Å². The molecule has 0 bridgehead atoms. The average Bonchev–Trinajstić information content (AvgIpc) is 2.56. The maximum absolute atomic E-state index is 12.8. The summed E-state index contributed by atoms with van der Waals surface area (Å²) in [5.41, 5.74) is 0.987. The van der Waals surface area contributed by atoms with Gasteiger partial charge >= 0.3 is 0 Å². The highest BCUT2D eigenvalue weighted by atomic mass is 19.1. The Hall–Kier alpha value is -2.40. The van der Waals surface area contributed by atoms with Crippen LogP contribution in [0.1, 0.15) is 12.5 Å². The summed E-state index contributed by atoms with van der Waals surface area (Å²) in [6.07, 6.45) is 0. The number of hydrogen-bond acceptors (Lipinski definition) is 3. The van der Waals surface area contributed by atoms with Crippen LogP contribution in [0.25, 0.3) is 0 Å². The molecule has 122 valence electrons. The summed E-state index contributed by atoms with van der Waals surface area (Å²) in [7, 11) is 1.82. The lowest BCUT2D eigenvalue weighted by Gasteiger charge is -2.12. The predicted octanol–water partition coefficient (Wildman–Crippen LogP) is 3.09. The molecule has 0 aliphatic rings. The summed E-state index contributed by atoms with van der Waals surface area (Å²) in [6, 6.07) is 13.3. The van der Waals surface area contributed by atoms with Crippen LogP contribution in [0, 0.1) is 11.7 Å². The summed E-state index contributed by atoms with van der Waals surface area (Å²) in [4.78, 5) is 11.8. The first kappa shape index (κ1) is 17.0. The van der Waals surface area contributed by atoms with E-state index in [0.717, 1.165) is 5.56 Å². The number of carbonyl (C=O) groups is 1. The van der Waals surface area contributed by atoms with Crippen LogP contribution in [-0.4, -0.2) is 19.5 Å². The third-order valence-corrected chi connectivity index (χ3v) is 3.40. The molecule has 0 fully saturated rings. The fourth-order valence-corrected chi connectivity index (χ4v) is 2.08. The van der Waals surface area contributed by atoms with Gasteiger partial charge < -0.3 is 15.4 Å². The van der Waals surface area contributed by atoms with Gasteiger partial charge in [-0.2, -0.15) is 0 Å². The Morgan fingerprint density at radius 3 is 2.22 bits per heavy atom. The lowest BCUT2D eigenvalue weighted by atomic mass is 10.1. The molecule has 2 rings (SSSR count). The zero-order valence-electron chi connectivity index (χ0n) is 13.3. The minimum absolute atomic E-state index is 0.0194. The van der Waals surface area contributed by atoms with Crippen molar-refractivity contribution < 1.29 is 13.9 Å². The van der Waals surface area contributed by atoms with Crippen molar-refractivity contribution in [2.45, 2.75) is 13.5 Å². The lowest BCUT2D eigenvalue weighted by molar-refractivity contribution is -0.124. The van der Waals surface area contributed by atoms with Crippen LogP contribution in [0.5, 0.6) is 11.5 Å². The van der Waals surface area contributed by atoms with Crippen LogP contribution in [0.3, 0.4) is 0 Å². The number of ether oxygens (including phenoxy) is 1. The quantitative estimate of drug-likeness (QED) is 0.825. The van der Waals surface area contributed by atoms with Crippen molar-refractivity contribution in [3.8, 4) is 11.5 Å². The molecule has 2 aromatic carbocycles. The highest BCUT2D eigenvalue weighted by Gasteiger charge is 2.10. The average molecular weight is 316 g/mol. The fraction of sp³-hybridized carbons (Fsp3) is 0.278. The van der Waals surface area contributed by atoms with Gasteiger partial charge in [-0.25, -0.2) is 4.39 Å². The normalized spacial score (nSPS) is 11.8. The third kappa shape index (κ3) is 5.38. The zero-order valence-corrected chi connectivity index (χ0v) is 13.3. The molecule has 0 heterocycles. The van der Waals surface area contributed by atoms with E-state index in [2.05, 4.69) is 10.6 Å². The van der Waals surface area contributed by atoms with Crippen molar-refractivity contribution in [1.29, 1.82) is 0 Å². The van der Waals surface area contributed by atoms with Crippen molar-refractivity contribution in [3.05, 3.63) is 59.9 Å². The zero-order chi connectivity index (χ0) is 16.7. The third-order valence-electron chi connectivity index (χ3n) is 3.40. The van der Waals surface area contributed by atoms with Gasteiger partial charge in [0.05, 0.1) is 0 Å². The second kappa shape index (κ2) is 8.29. The van der Waals surface area contributed by atoms with E-state index in [1.54, 1.807) is 12.1 Å². The topological polar surface area (TPSA) is 50.4 Å². The van der Waals surface area contributed by atoms with E-state index in [9.17, 15) is 9.18 Å². The SMILES string of the molecule is CNCC(C)C(=O)NCc1ccc(Oc2ccc(F)cc2)cc1. The van der Waals surface area contributed by atoms with Crippen molar-refractivity contribution in [1.82, 2.24) is 10.6 Å². The van der Waals surface area contributed by atoms with Crippen LogP contribution in [0.15, 0.2) is 48.5 Å². The molecule has 0 radical (unpaired) electrons. The van der Waals surface area contributed by atoms with E-state index in [0.29, 0.717) is 24.6 Å². The molecule has 2 N–H and O–H groups in total. The molecular formula is C18H21FN2O2. The Labute approximate surface area is 135 Å². The summed E-state index contributed by atoms with van der Waals surface area (Å²) >= 11 is 0. The van der Waals surface area contributed by atoms with E-state index in [-0.39, 0.29) is 17.6 Å².